The molecule has 1 aromatic rings. The van der Waals surface area contributed by atoms with Crippen molar-refractivity contribution in [1.82, 2.24) is 0 Å². The Morgan fingerprint density at radius 3 is 2.89 bits per heavy atom. The Labute approximate surface area is 65.5 Å². The third kappa shape index (κ3) is 1.70. The van der Waals surface area contributed by atoms with Crippen LogP contribution in [0.1, 0.15) is 5.76 Å². The summed E-state index contributed by atoms with van der Waals surface area (Å²) in [5, 5.41) is 10.8. The van der Waals surface area contributed by atoms with Gasteiger partial charge >= 0.3 is 0 Å². The third-order valence-electron chi connectivity index (χ3n) is 0.779. The number of furan rings is 1. The molecule has 0 amide bonds. The summed E-state index contributed by atoms with van der Waals surface area (Å²) >= 11 is 2.03. The first kappa shape index (κ1) is 6.60. The van der Waals surface area contributed by atoms with Crippen LogP contribution in [-0.2, 0) is 0 Å². The van der Waals surface area contributed by atoms with Gasteiger partial charge in [-0.3, -0.25) is 0 Å². The van der Waals surface area contributed by atoms with Crippen LogP contribution in [0.5, 0.6) is 0 Å². The minimum atomic E-state index is 0.557. The zero-order valence-electron chi connectivity index (χ0n) is 4.41. The van der Waals surface area contributed by atoms with Gasteiger partial charge in [0.25, 0.3) is 0 Å². The maximum Gasteiger partial charge on any atom is 0.164 e. The molecule has 1 heterocycles. The highest BCUT2D eigenvalue weighted by Gasteiger charge is 1.92. The number of oxime groups is 1. The van der Waals surface area contributed by atoms with Gasteiger partial charge in [0.15, 0.2) is 3.77 Å². The fraction of sp³-hybridized carbons (Fsp3) is 0. The Kier molecular flexibility index (Phi) is 2.10. The van der Waals surface area contributed by atoms with E-state index < -0.39 is 0 Å². The average Bonchev–Trinajstić information content (AvgIpc) is 2.17. The lowest BCUT2D eigenvalue weighted by Crippen LogP contribution is -1.71. The topological polar surface area (TPSA) is 45.7 Å². The molecule has 0 radical (unpaired) electrons. The maximum atomic E-state index is 8.04. The molecule has 0 atom stereocenters. The lowest BCUT2D eigenvalue weighted by atomic mass is 10.5. The van der Waals surface area contributed by atoms with E-state index in [4.69, 9.17) is 9.62 Å². The van der Waals surface area contributed by atoms with Gasteiger partial charge in [-0.1, -0.05) is 5.16 Å². The summed E-state index contributed by atoms with van der Waals surface area (Å²) in [7, 11) is 0. The molecule has 0 bridgehead atoms. The second-order valence-corrected chi connectivity index (χ2v) is 2.45. The van der Waals surface area contributed by atoms with Crippen molar-refractivity contribution in [2.75, 3.05) is 0 Å². The fourth-order valence-corrected chi connectivity index (χ4v) is 0.889. The number of hydrogen-bond donors (Lipinski definition) is 1. The first-order valence-electron chi connectivity index (χ1n) is 2.25. The van der Waals surface area contributed by atoms with E-state index in [2.05, 4.69) is 5.16 Å². The maximum absolute atomic E-state index is 8.04. The van der Waals surface area contributed by atoms with Gasteiger partial charge in [-0.05, 0) is 34.7 Å². The van der Waals surface area contributed by atoms with Gasteiger partial charge in [-0.25, -0.2) is 0 Å². The molecule has 1 N–H and O–H groups in total. The molecule has 3 nitrogen and oxygen atoms in total. The Morgan fingerprint density at radius 2 is 2.44 bits per heavy atom. The SMILES string of the molecule is ON=Cc1ccc(I)o1. The van der Waals surface area contributed by atoms with Crippen LogP contribution >= 0.6 is 22.6 Å². The monoisotopic (exact) mass is 237 g/mol. The van der Waals surface area contributed by atoms with Crippen molar-refractivity contribution >= 4 is 28.8 Å². The number of hydrogen-bond acceptors (Lipinski definition) is 3. The lowest BCUT2D eigenvalue weighted by molar-refractivity contribution is 0.320. The molecule has 0 aliphatic carbocycles. The first-order chi connectivity index (χ1) is 4.33. The van der Waals surface area contributed by atoms with Crippen molar-refractivity contribution in [1.29, 1.82) is 0 Å². The normalized spacial score (nSPS) is 10.8. The molecule has 9 heavy (non-hydrogen) atoms. The van der Waals surface area contributed by atoms with E-state index in [0.717, 1.165) is 3.77 Å². The van der Waals surface area contributed by atoms with E-state index in [1.54, 1.807) is 12.1 Å². The largest absolute Gasteiger partial charge is 0.449 e. The van der Waals surface area contributed by atoms with Crippen molar-refractivity contribution in [3.8, 4) is 0 Å². The molecule has 0 fully saturated rings. The second kappa shape index (κ2) is 2.86. The van der Waals surface area contributed by atoms with E-state index >= 15 is 0 Å². The minimum absolute atomic E-state index is 0.557. The summed E-state index contributed by atoms with van der Waals surface area (Å²) in [6.45, 7) is 0. The van der Waals surface area contributed by atoms with Gasteiger partial charge in [0.1, 0.15) is 12.0 Å². The summed E-state index contributed by atoms with van der Waals surface area (Å²) in [5.74, 6) is 0.557. The fourth-order valence-electron chi connectivity index (χ4n) is 0.455. The smallest absolute Gasteiger partial charge is 0.164 e. The van der Waals surface area contributed by atoms with Crippen molar-refractivity contribution in [3.05, 3.63) is 21.7 Å². The molecule has 0 aliphatic rings. The van der Waals surface area contributed by atoms with Gasteiger partial charge in [-0.2, -0.15) is 0 Å². The number of nitrogens with zero attached hydrogens (tertiary/aromatic N) is 1. The third-order valence-corrected chi connectivity index (χ3v) is 1.36. The molecular formula is C5H4INO2. The van der Waals surface area contributed by atoms with Gasteiger partial charge in [-0.15, -0.1) is 0 Å². The molecular weight excluding hydrogens is 233 g/mol. The highest BCUT2D eigenvalue weighted by atomic mass is 127. The minimum Gasteiger partial charge on any atom is -0.449 e. The van der Waals surface area contributed by atoms with Crippen LogP contribution in [0, 0.1) is 3.77 Å². The first-order valence-corrected chi connectivity index (χ1v) is 3.33. The van der Waals surface area contributed by atoms with Crippen LogP contribution in [0.15, 0.2) is 21.7 Å². The molecule has 4 heteroatoms. The summed E-state index contributed by atoms with van der Waals surface area (Å²) in [6.07, 6.45) is 1.24. The summed E-state index contributed by atoms with van der Waals surface area (Å²) < 4.78 is 5.78. The van der Waals surface area contributed by atoms with E-state index in [1.165, 1.54) is 6.21 Å². The second-order valence-electron chi connectivity index (χ2n) is 1.39. The molecule has 0 saturated heterocycles. The van der Waals surface area contributed by atoms with Crippen molar-refractivity contribution in [3.63, 3.8) is 0 Å². The molecule has 48 valence electrons. The molecule has 0 spiro atoms. The molecule has 1 rings (SSSR count). The predicted molar refractivity (Wildman–Crippen MR) is 40.8 cm³/mol. The van der Waals surface area contributed by atoms with Crippen LogP contribution in [0.3, 0.4) is 0 Å². The van der Waals surface area contributed by atoms with Crippen LogP contribution < -0.4 is 0 Å². The Morgan fingerprint density at radius 1 is 1.67 bits per heavy atom. The highest BCUT2D eigenvalue weighted by Crippen LogP contribution is 2.07. The summed E-state index contributed by atoms with van der Waals surface area (Å²) in [6, 6.07) is 3.51. The van der Waals surface area contributed by atoms with Gasteiger partial charge in [0.2, 0.25) is 0 Å². The van der Waals surface area contributed by atoms with E-state index in [0.29, 0.717) is 5.76 Å². The van der Waals surface area contributed by atoms with Gasteiger partial charge in [0.05, 0.1) is 0 Å². The number of halogens is 1. The zero-order valence-corrected chi connectivity index (χ0v) is 6.57. The molecule has 0 aromatic carbocycles. The Hall–Kier alpha value is -0.520. The Balaban J connectivity index is 2.85. The predicted octanol–water partition coefficient (Wildman–Crippen LogP) is 1.69. The molecule has 0 aliphatic heterocycles. The van der Waals surface area contributed by atoms with Crippen LogP contribution in [0.4, 0.5) is 0 Å². The molecule has 0 unspecified atom stereocenters. The zero-order chi connectivity index (χ0) is 6.69. The van der Waals surface area contributed by atoms with Gasteiger partial charge < -0.3 is 9.62 Å². The molecule has 1 aromatic heterocycles. The van der Waals surface area contributed by atoms with Crippen molar-refractivity contribution < 1.29 is 9.62 Å². The van der Waals surface area contributed by atoms with Crippen LogP contribution in [-0.4, -0.2) is 11.4 Å². The summed E-state index contributed by atoms with van der Waals surface area (Å²) in [4.78, 5) is 0. The Bertz CT molecular complexity index is 218. The summed E-state index contributed by atoms with van der Waals surface area (Å²) in [5.41, 5.74) is 0. The number of rotatable bonds is 1. The average molecular weight is 237 g/mol. The van der Waals surface area contributed by atoms with Crippen molar-refractivity contribution in [2.45, 2.75) is 0 Å². The van der Waals surface area contributed by atoms with Gasteiger partial charge in [0, 0.05) is 0 Å². The van der Waals surface area contributed by atoms with E-state index in [9.17, 15) is 0 Å². The van der Waals surface area contributed by atoms with Crippen LogP contribution in [0.25, 0.3) is 0 Å². The standard InChI is InChI=1S/C5H4INO2/c6-5-2-1-4(9-5)3-7-8/h1-3,8H. The van der Waals surface area contributed by atoms with E-state index in [1.807, 2.05) is 22.6 Å². The van der Waals surface area contributed by atoms with E-state index in [-0.39, 0.29) is 0 Å². The molecule has 0 saturated carbocycles. The lowest BCUT2D eigenvalue weighted by Gasteiger charge is -1.77. The highest BCUT2D eigenvalue weighted by molar-refractivity contribution is 14.1. The van der Waals surface area contributed by atoms with Crippen molar-refractivity contribution in [2.24, 2.45) is 5.16 Å². The van der Waals surface area contributed by atoms with Crippen LogP contribution in [0.2, 0.25) is 0 Å². The quantitative estimate of drug-likeness (QED) is 0.349.